The van der Waals surface area contributed by atoms with E-state index in [0.29, 0.717) is 13.1 Å². The van der Waals surface area contributed by atoms with E-state index in [1.54, 1.807) is 0 Å². The summed E-state index contributed by atoms with van der Waals surface area (Å²) in [4.78, 5) is 18.8. The maximum Gasteiger partial charge on any atom is 0.315 e. The van der Waals surface area contributed by atoms with Crippen molar-refractivity contribution in [2.24, 2.45) is 0 Å². The minimum atomic E-state index is -0.190. The summed E-state index contributed by atoms with van der Waals surface area (Å²) in [7, 11) is 0. The Kier molecular flexibility index (Phi) is 6.52. The van der Waals surface area contributed by atoms with Crippen LogP contribution in [0.1, 0.15) is 37.8 Å². The number of amides is 2. The predicted molar refractivity (Wildman–Crippen MR) is 107 cm³/mol. The highest BCUT2D eigenvalue weighted by Crippen LogP contribution is 2.18. The van der Waals surface area contributed by atoms with E-state index in [4.69, 9.17) is 4.74 Å². The number of ether oxygens (including phenoxy) is 1. The lowest BCUT2D eigenvalue weighted by Gasteiger charge is -2.17. The summed E-state index contributed by atoms with van der Waals surface area (Å²) in [6.45, 7) is 7.04. The Morgan fingerprint density at radius 3 is 2.52 bits per heavy atom. The molecule has 0 radical (unpaired) electrons. The lowest BCUT2D eigenvalue weighted by Crippen LogP contribution is -2.34. The van der Waals surface area contributed by atoms with E-state index in [-0.39, 0.29) is 12.1 Å². The Labute approximate surface area is 160 Å². The van der Waals surface area contributed by atoms with Crippen LogP contribution < -0.4 is 20.3 Å². The second-order valence-corrected chi connectivity index (χ2v) is 7.07. The smallest absolute Gasteiger partial charge is 0.315 e. The van der Waals surface area contributed by atoms with Crippen molar-refractivity contribution in [3.05, 3.63) is 53.7 Å². The Bertz CT molecular complexity index is 757. The topological polar surface area (TPSA) is 66.5 Å². The highest BCUT2D eigenvalue weighted by Gasteiger charge is 2.13. The van der Waals surface area contributed by atoms with Crippen LogP contribution in [0.5, 0.6) is 5.75 Å². The molecule has 1 aliphatic heterocycles. The molecule has 6 nitrogen and oxygen atoms in total. The fraction of sp³-hybridized carbons (Fsp3) is 0.429. The fourth-order valence-corrected chi connectivity index (χ4v) is 3.12. The van der Waals surface area contributed by atoms with Crippen molar-refractivity contribution < 1.29 is 9.53 Å². The number of benzene rings is 1. The number of rotatable bonds is 7. The first kappa shape index (κ1) is 19.0. The van der Waals surface area contributed by atoms with E-state index in [2.05, 4.69) is 26.6 Å². The zero-order valence-electron chi connectivity index (χ0n) is 16.1. The molecule has 0 saturated carbocycles. The van der Waals surface area contributed by atoms with Crippen LogP contribution in [-0.4, -0.2) is 30.2 Å². The van der Waals surface area contributed by atoms with E-state index in [1.807, 2.05) is 50.4 Å². The number of hydrogen-bond acceptors (Lipinski definition) is 4. The summed E-state index contributed by atoms with van der Waals surface area (Å²) in [5.74, 6) is 1.81. The summed E-state index contributed by atoms with van der Waals surface area (Å²) in [6.07, 6.45) is 4.37. The number of anilines is 1. The minimum absolute atomic E-state index is 0.127. The zero-order chi connectivity index (χ0) is 19.1. The first-order valence-electron chi connectivity index (χ1n) is 9.57. The average Bonchev–Trinajstić information content (AvgIpc) is 3.20. The number of aromatic nitrogens is 1. The maximum absolute atomic E-state index is 12.1. The van der Waals surface area contributed by atoms with Gasteiger partial charge in [0.05, 0.1) is 6.10 Å². The van der Waals surface area contributed by atoms with Gasteiger partial charge in [0.2, 0.25) is 0 Å². The molecule has 3 rings (SSSR count). The van der Waals surface area contributed by atoms with Crippen LogP contribution in [-0.2, 0) is 13.1 Å². The van der Waals surface area contributed by atoms with E-state index in [1.165, 1.54) is 12.8 Å². The Morgan fingerprint density at radius 1 is 1.11 bits per heavy atom. The molecule has 1 fully saturated rings. The Morgan fingerprint density at radius 2 is 1.81 bits per heavy atom. The standard InChI is InChI=1S/C21H28N4O2/c1-16(2)27-19-7-5-6-17(12-19)14-23-21(26)24-15-18-8-9-22-20(13-18)25-10-3-4-11-25/h5-9,12-13,16H,3-4,10-11,14-15H2,1-2H3,(H2,23,24,26). The van der Waals surface area contributed by atoms with Crippen molar-refractivity contribution in [1.29, 1.82) is 0 Å². The Balaban J connectivity index is 1.46. The molecular formula is C21H28N4O2. The minimum Gasteiger partial charge on any atom is -0.491 e. The quantitative estimate of drug-likeness (QED) is 0.785. The molecule has 0 bridgehead atoms. The summed E-state index contributed by atoms with van der Waals surface area (Å²) in [6, 6.07) is 11.6. The molecule has 6 heteroatoms. The van der Waals surface area contributed by atoms with Gasteiger partial charge in [-0.15, -0.1) is 0 Å². The van der Waals surface area contributed by atoms with Gasteiger partial charge in [0.15, 0.2) is 0 Å². The summed E-state index contributed by atoms with van der Waals surface area (Å²) in [5, 5.41) is 5.79. The number of nitrogens with zero attached hydrogens (tertiary/aromatic N) is 2. The van der Waals surface area contributed by atoms with Crippen LogP contribution in [0.2, 0.25) is 0 Å². The third-order valence-corrected chi connectivity index (χ3v) is 4.42. The highest BCUT2D eigenvalue weighted by atomic mass is 16.5. The van der Waals surface area contributed by atoms with Crippen LogP contribution in [0.3, 0.4) is 0 Å². The average molecular weight is 368 g/mol. The van der Waals surface area contributed by atoms with Gasteiger partial charge in [0.1, 0.15) is 11.6 Å². The van der Waals surface area contributed by atoms with Crippen LogP contribution in [0.4, 0.5) is 10.6 Å². The molecule has 0 spiro atoms. The second-order valence-electron chi connectivity index (χ2n) is 7.07. The molecule has 1 aromatic carbocycles. The van der Waals surface area contributed by atoms with Gasteiger partial charge in [-0.25, -0.2) is 9.78 Å². The lowest BCUT2D eigenvalue weighted by atomic mass is 10.2. The van der Waals surface area contributed by atoms with Crippen molar-refractivity contribution in [3.8, 4) is 5.75 Å². The normalized spacial score (nSPS) is 13.7. The number of pyridine rings is 1. The van der Waals surface area contributed by atoms with E-state index in [0.717, 1.165) is 35.8 Å². The summed E-state index contributed by atoms with van der Waals surface area (Å²) in [5.41, 5.74) is 2.05. The van der Waals surface area contributed by atoms with Crippen molar-refractivity contribution in [3.63, 3.8) is 0 Å². The van der Waals surface area contributed by atoms with E-state index < -0.39 is 0 Å². The lowest BCUT2D eigenvalue weighted by molar-refractivity contribution is 0.239. The van der Waals surface area contributed by atoms with Crippen LogP contribution >= 0.6 is 0 Å². The molecular weight excluding hydrogens is 340 g/mol. The SMILES string of the molecule is CC(C)Oc1cccc(CNC(=O)NCc2ccnc(N3CCCC3)c2)c1. The van der Waals surface area contributed by atoms with Crippen LogP contribution in [0, 0.1) is 0 Å². The molecule has 0 unspecified atom stereocenters. The molecule has 2 aromatic rings. The molecule has 1 aliphatic rings. The predicted octanol–water partition coefficient (Wildman–Crippen LogP) is 3.47. The van der Waals surface area contributed by atoms with E-state index in [9.17, 15) is 4.79 Å². The van der Waals surface area contributed by atoms with Crippen molar-refractivity contribution in [1.82, 2.24) is 15.6 Å². The highest BCUT2D eigenvalue weighted by molar-refractivity contribution is 5.73. The number of nitrogens with one attached hydrogen (secondary N) is 2. The molecule has 1 saturated heterocycles. The van der Waals surface area contributed by atoms with E-state index >= 15 is 0 Å². The van der Waals surface area contributed by atoms with Gasteiger partial charge in [-0.05, 0) is 62.1 Å². The molecule has 0 atom stereocenters. The largest absolute Gasteiger partial charge is 0.491 e. The summed E-state index contributed by atoms with van der Waals surface area (Å²) < 4.78 is 5.68. The number of hydrogen-bond donors (Lipinski definition) is 2. The number of urea groups is 1. The molecule has 27 heavy (non-hydrogen) atoms. The van der Waals surface area contributed by atoms with Crippen molar-refractivity contribution in [2.75, 3.05) is 18.0 Å². The second kappa shape index (κ2) is 9.26. The first-order chi connectivity index (χ1) is 13.1. The molecule has 144 valence electrons. The maximum atomic E-state index is 12.1. The van der Waals surface area contributed by atoms with Gasteiger partial charge >= 0.3 is 6.03 Å². The van der Waals surface area contributed by atoms with Crippen LogP contribution in [0.25, 0.3) is 0 Å². The third-order valence-electron chi connectivity index (χ3n) is 4.42. The van der Waals surface area contributed by atoms with Crippen LogP contribution in [0.15, 0.2) is 42.6 Å². The molecule has 0 aliphatic carbocycles. The third kappa shape index (κ3) is 5.88. The molecule has 2 heterocycles. The molecule has 1 aromatic heterocycles. The first-order valence-corrected chi connectivity index (χ1v) is 9.57. The van der Waals surface area contributed by atoms with Crippen molar-refractivity contribution in [2.45, 2.75) is 45.9 Å². The monoisotopic (exact) mass is 368 g/mol. The van der Waals surface area contributed by atoms with Gasteiger partial charge in [-0.1, -0.05) is 12.1 Å². The van der Waals surface area contributed by atoms with Gasteiger partial charge in [-0.2, -0.15) is 0 Å². The van der Waals surface area contributed by atoms with Gasteiger partial charge in [-0.3, -0.25) is 0 Å². The van der Waals surface area contributed by atoms with Gasteiger partial charge in [0, 0.05) is 32.4 Å². The fourth-order valence-electron chi connectivity index (χ4n) is 3.12. The molecule has 2 amide bonds. The van der Waals surface area contributed by atoms with Gasteiger partial charge < -0.3 is 20.3 Å². The Hall–Kier alpha value is -2.76. The van der Waals surface area contributed by atoms with Crippen molar-refractivity contribution >= 4 is 11.8 Å². The summed E-state index contributed by atoms with van der Waals surface area (Å²) >= 11 is 0. The van der Waals surface area contributed by atoms with Gasteiger partial charge in [0.25, 0.3) is 0 Å². The number of carbonyl (C=O) groups is 1. The molecule has 2 N–H and O–H groups in total. The zero-order valence-corrected chi connectivity index (χ0v) is 16.1. The number of carbonyl (C=O) groups excluding carboxylic acids is 1.